The Labute approximate surface area is 258 Å². The minimum atomic E-state index is -0.106. The zero-order valence-electron chi connectivity index (χ0n) is 27.1. The van der Waals surface area contributed by atoms with Gasteiger partial charge in [0.15, 0.2) is 11.3 Å². The average molecular weight is 566 g/mol. The average Bonchev–Trinajstić information content (AvgIpc) is 3.35. The SMILES string of the molecule is CCN1\C(=C/C=C/C=C/C=C/C2=[N+](C(C)(C)C)c3ccc4ccccc4c3C2(C)C)C(C)(C)c2c1ccc1ccccc21. The molecule has 0 unspecified atom stereocenters. The zero-order chi connectivity index (χ0) is 30.6. The van der Waals surface area contributed by atoms with Gasteiger partial charge in [-0.15, -0.1) is 0 Å². The molecule has 0 aromatic heterocycles. The fraction of sp³-hybridized carbons (Fsp3) is 0.293. The Balaban J connectivity index is 1.28. The van der Waals surface area contributed by atoms with E-state index in [1.54, 1.807) is 0 Å². The van der Waals surface area contributed by atoms with Crippen molar-refractivity contribution in [1.29, 1.82) is 0 Å². The number of anilines is 1. The van der Waals surface area contributed by atoms with Crippen LogP contribution in [0.4, 0.5) is 11.4 Å². The number of benzene rings is 4. The van der Waals surface area contributed by atoms with E-state index in [9.17, 15) is 0 Å². The molecule has 0 fully saturated rings. The highest BCUT2D eigenvalue weighted by atomic mass is 15.2. The van der Waals surface area contributed by atoms with Crippen LogP contribution in [0.3, 0.4) is 0 Å². The van der Waals surface area contributed by atoms with Crippen molar-refractivity contribution in [2.75, 3.05) is 11.4 Å². The molecule has 0 atom stereocenters. The molecule has 2 aliphatic rings. The van der Waals surface area contributed by atoms with Crippen LogP contribution in [0, 0.1) is 0 Å². The normalized spacial score (nSPS) is 18.8. The maximum Gasteiger partial charge on any atom is 0.210 e. The van der Waals surface area contributed by atoms with Gasteiger partial charge in [-0.25, -0.2) is 0 Å². The molecule has 218 valence electrons. The molecule has 0 amide bonds. The van der Waals surface area contributed by atoms with Crippen molar-refractivity contribution in [2.24, 2.45) is 0 Å². The monoisotopic (exact) mass is 565 g/mol. The van der Waals surface area contributed by atoms with E-state index in [-0.39, 0.29) is 16.4 Å². The van der Waals surface area contributed by atoms with Gasteiger partial charge in [0.05, 0.1) is 5.41 Å². The predicted molar refractivity (Wildman–Crippen MR) is 187 cm³/mol. The first-order valence-electron chi connectivity index (χ1n) is 15.7. The Hall–Kier alpha value is -4.17. The van der Waals surface area contributed by atoms with E-state index < -0.39 is 0 Å². The van der Waals surface area contributed by atoms with Crippen LogP contribution in [0.2, 0.25) is 0 Å². The van der Waals surface area contributed by atoms with Crippen molar-refractivity contribution in [3.63, 3.8) is 0 Å². The van der Waals surface area contributed by atoms with Crippen LogP contribution in [-0.2, 0) is 10.8 Å². The standard InChI is InChI=1S/C41H45N2/c1-9-42-33-27-25-29-19-15-17-21-31(29)37(33)40(5,6)35(42)23-13-11-10-12-14-24-36-41(7,8)38-32-22-18-16-20-30(32)26-28-34(38)43(36)39(2,3)4/h10-28H,9H2,1-8H3/q+1. The van der Waals surface area contributed by atoms with Gasteiger partial charge in [0.1, 0.15) is 0 Å². The topological polar surface area (TPSA) is 6.25 Å². The Bertz CT molecular complexity index is 1880. The molecule has 2 heteroatoms. The third-order valence-corrected chi connectivity index (χ3v) is 9.35. The second-order valence-corrected chi connectivity index (χ2v) is 13.9. The van der Waals surface area contributed by atoms with Gasteiger partial charge in [-0.1, -0.05) is 98.8 Å². The Kier molecular flexibility index (Phi) is 7.08. The molecule has 0 bridgehead atoms. The summed E-state index contributed by atoms with van der Waals surface area (Å²) in [5.74, 6) is 0. The van der Waals surface area contributed by atoms with Crippen molar-refractivity contribution < 1.29 is 4.58 Å². The fourth-order valence-electron chi connectivity index (χ4n) is 7.51. The van der Waals surface area contributed by atoms with E-state index in [1.165, 1.54) is 55.5 Å². The molecule has 2 heterocycles. The number of fused-ring (bicyclic) bond motifs is 6. The first-order chi connectivity index (χ1) is 20.5. The maximum absolute atomic E-state index is 2.53. The molecular formula is C41H45N2+. The Morgan fingerprint density at radius 3 is 1.91 bits per heavy atom. The van der Waals surface area contributed by atoms with E-state index in [2.05, 4.69) is 180 Å². The number of likely N-dealkylation sites (N-methyl/N-ethyl adjacent to an activating group) is 1. The first kappa shape index (κ1) is 28.9. The van der Waals surface area contributed by atoms with Gasteiger partial charge in [-0.2, -0.15) is 4.58 Å². The van der Waals surface area contributed by atoms with Gasteiger partial charge < -0.3 is 4.90 Å². The van der Waals surface area contributed by atoms with Gasteiger partial charge in [0, 0.05) is 61.8 Å². The van der Waals surface area contributed by atoms with E-state index in [1.807, 2.05) is 0 Å². The van der Waals surface area contributed by atoms with Crippen molar-refractivity contribution in [3.05, 3.63) is 132 Å². The molecule has 43 heavy (non-hydrogen) atoms. The lowest BCUT2D eigenvalue weighted by atomic mass is 9.79. The van der Waals surface area contributed by atoms with Crippen molar-refractivity contribution in [1.82, 2.24) is 0 Å². The molecule has 0 spiro atoms. The van der Waals surface area contributed by atoms with Gasteiger partial charge in [-0.05, 0) is 66.1 Å². The summed E-state index contributed by atoms with van der Waals surface area (Å²) in [7, 11) is 0. The Morgan fingerprint density at radius 1 is 0.674 bits per heavy atom. The second kappa shape index (κ2) is 10.5. The van der Waals surface area contributed by atoms with Crippen LogP contribution in [-0.4, -0.2) is 22.4 Å². The number of allylic oxidation sites excluding steroid dienone is 8. The highest BCUT2D eigenvalue weighted by molar-refractivity contribution is 6.07. The first-order valence-corrected chi connectivity index (χ1v) is 15.7. The minimum absolute atomic E-state index is 0.0391. The molecule has 4 aromatic carbocycles. The number of rotatable bonds is 5. The van der Waals surface area contributed by atoms with Crippen LogP contribution < -0.4 is 4.90 Å². The Morgan fingerprint density at radius 2 is 1.26 bits per heavy atom. The van der Waals surface area contributed by atoms with Crippen LogP contribution in [0.5, 0.6) is 0 Å². The third kappa shape index (κ3) is 4.68. The molecule has 4 aromatic rings. The second-order valence-electron chi connectivity index (χ2n) is 13.9. The van der Waals surface area contributed by atoms with Crippen LogP contribution >= 0.6 is 0 Å². The summed E-state index contributed by atoms with van der Waals surface area (Å²) in [6.45, 7) is 19.5. The van der Waals surface area contributed by atoms with E-state index >= 15 is 0 Å². The van der Waals surface area contributed by atoms with Crippen LogP contribution in [0.25, 0.3) is 21.5 Å². The molecule has 0 saturated heterocycles. The summed E-state index contributed by atoms with van der Waals surface area (Å²) < 4.78 is 2.53. The minimum Gasteiger partial charge on any atom is -0.344 e. The van der Waals surface area contributed by atoms with Gasteiger partial charge in [0.25, 0.3) is 0 Å². The molecule has 0 radical (unpaired) electrons. The van der Waals surface area contributed by atoms with E-state index in [4.69, 9.17) is 0 Å². The lowest BCUT2D eigenvalue weighted by Crippen LogP contribution is -2.36. The lowest BCUT2D eigenvalue weighted by molar-refractivity contribution is -0.517. The molecule has 2 nitrogen and oxygen atoms in total. The molecule has 0 saturated carbocycles. The molecule has 0 N–H and O–H groups in total. The maximum atomic E-state index is 2.53. The third-order valence-electron chi connectivity index (χ3n) is 9.35. The quantitative estimate of drug-likeness (QED) is 0.172. The number of hydrogen-bond acceptors (Lipinski definition) is 1. The van der Waals surface area contributed by atoms with E-state index in [0.29, 0.717) is 0 Å². The highest BCUT2D eigenvalue weighted by Gasteiger charge is 2.49. The fourth-order valence-corrected chi connectivity index (χ4v) is 7.51. The van der Waals surface area contributed by atoms with Crippen molar-refractivity contribution in [3.8, 4) is 0 Å². The molecule has 0 aliphatic carbocycles. The summed E-state index contributed by atoms with van der Waals surface area (Å²) in [6.07, 6.45) is 15.4. The summed E-state index contributed by atoms with van der Waals surface area (Å²) in [5.41, 5.74) is 7.96. The summed E-state index contributed by atoms with van der Waals surface area (Å²) in [4.78, 5) is 2.47. The largest absolute Gasteiger partial charge is 0.344 e. The number of nitrogens with zero attached hydrogens (tertiary/aromatic N) is 2. The lowest BCUT2D eigenvalue weighted by Gasteiger charge is -2.26. The van der Waals surface area contributed by atoms with Crippen molar-refractivity contribution >= 4 is 38.6 Å². The summed E-state index contributed by atoms with van der Waals surface area (Å²) in [6, 6.07) is 26.7. The van der Waals surface area contributed by atoms with Crippen molar-refractivity contribution in [2.45, 2.75) is 71.8 Å². The predicted octanol–water partition coefficient (Wildman–Crippen LogP) is 10.5. The zero-order valence-corrected chi connectivity index (χ0v) is 27.1. The smallest absolute Gasteiger partial charge is 0.210 e. The van der Waals surface area contributed by atoms with Gasteiger partial charge in [-0.3, -0.25) is 0 Å². The highest BCUT2D eigenvalue weighted by Crippen LogP contribution is 2.50. The number of hydrogen-bond donors (Lipinski definition) is 0. The summed E-state index contributed by atoms with van der Waals surface area (Å²) in [5, 5.41) is 5.31. The molecule has 6 rings (SSSR count). The van der Waals surface area contributed by atoms with E-state index in [0.717, 1.165) is 6.54 Å². The molecule has 2 aliphatic heterocycles. The molecular weight excluding hydrogens is 520 g/mol. The van der Waals surface area contributed by atoms with Crippen LogP contribution in [0.15, 0.2) is 121 Å². The van der Waals surface area contributed by atoms with Gasteiger partial charge in [0.2, 0.25) is 5.69 Å². The van der Waals surface area contributed by atoms with Crippen LogP contribution in [0.1, 0.15) is 66.5 Å². The summed E-state index contributed by atoms with van der Waals surface area (Å²) >= 11 is 0. The van der Waals surface area contributed by atoms with Gasteiger partial charge >= 0.3 is 0 Å².